The van der Waals surface area contributed by atoms with Crippen molar-refractivity contribution in [2.45, 2.75) is 0 Å². The van der Waals surface area contributed by atoms with Gasteiger partial charge in [-0.1, -0.05) is 13.2 Å². The van der Waals surface area contributed by atoms with E-state index >= 15 is 0 Å². The van der Waals surface area contributed by atoms with Gasteiger partial charge in [0.05, 0.1) is 11.9 Å². The smallest absolute Gasteiger partial charge is 0.813 e. The van der Waals surface area contributed by atoms with Crippen molar-refractivity contribution in [3.8, 4) is 0 Å². The number of rotatable bonds is 2. The van der Waals surface area contributed by atoms with Gasteiger partial charge < -0.3 is 33.3 Å². The third-order valence-electron chi connectivity index (χ3n) is 0.333. The van der Waals surface area contributed by atoms with Crippen LogP contribution in [-0.4, -0.2) is 38.1 Å². The summed E-state index contributed by atoms with van der Waals surface area (Å²) in [6.07, 6.45) is 1.44. The second-order valence-corrected chi connectivity index (χ2v) is 1.05. The van der Waals surface area contributed by atoms with E-state index < -0.39 is 11.9 Å². The van der Waals surface area contributed by atoms with Gasteiger partial charge in [-0.05, 0) is 12.2 Å². The number of aliphatic carboxylic acids is 2. The van der Waals surface area contributed by atoms with Crippen LogP contribution in [0, 0.1) is 0 Å². The summed E-state index contributed by atoms with van der Waals surface area (Å²) in [6, 6.07) is 0. The van der Waals surface area contributed by atoms with E-state index in [9.17, 15) is 0 Å². The molecule has 0 aromatic carbocycles. The van der Waals surface area contributed by atoms with Crippen molar-refractivity contribution >= 4 is 51.6 Å². The first-order valence-corrected chi connectivity index (χ1v) is 2.21. The Balaban J connectivity index is -0.0000000457. The van der Waals surface area contributed by atoms with Crippen molar-refractivity contribution in [2.75, 3.05) is 0 Å². The van der Waals surface area contributed by atoms with Gasteiger partial charge in [-0.25, -0.2) is 0 Å². The van der Waals surface area contributed by atoms with Gasteiger partial charge in [-0.15, -0.1) is 0 Å². The van der Waals surface area contributed by atoms with E-state index in [1.54, 1.807) is 0 Å². The normalized spacial score (nSPS) is 5.33. The summed E-state index contributed by atoms with van der Waals surface area (Å²) in [7, 11) is 0. The summed E-state index contributed by atoms with van der Waals surface area (Å²) in [5, 5.41) is 18.3. The number of hydrogen-bond acceptors (Lipinski definition) is 5. The average molecular weight is 384 g/mol. The molecule has 2 radical (unpaired) electrons. The van der Waals surface area contributed by atoms with E-state index in [-0.39, 0.29) is 39.7 Å². The molecule has 0 bridgehead atoms. The SMILES string of the molecule is C=CC(=O)[O-].C=CC(=O)[O-].[Bi+3].[SH-]. The number of carboxylic acid groups (broad SMARTS) is 2. The first-order chi connectivity index (χ1) is 4.54. The molecule has 0 aliphatic carbocycles. The standard InChI is InChI=1S/2C3H4O2.Bi.H2S/c2*1-2-3(4)5;;/h2*2H,1H2,(H,4,5);;1H2/q;;+3;/p-3. The van der Waals surface area contributed by atoms with E-state index in [0.717, 1.165) is 12.2 Å². The number of hydrogen-bond donors (Lipinski definition) is 0. The fraction of sp³-hybridized carbons (Fsp3) is 0. The molecule has 0 spiro atoms. The average Bonchev–Trinajstić information content (AvgIpc) is 1.89. The number of carbonyl (C=O) groups excluding carboxylic acids is 2. The summed E-state index contributed by atoms with van der Waals surface area (Å²) < 4.78 is 0. The van der Waals surface area contributed by atoms with Crippen molar-refractivity contribution in [3.05, 3.63) is 25.3 Å². The molecular formula is C6H7BiO4S. The molecule has 12 heavy (non-hydrogen) atoms. The number of thiol groups is 1. The quantitative estimate of drug-likeness (QED) is 0.222. The minimum absolute atomic E-state index is 0. The van der Waals surface area contributed by atoms with E-state index in [1.807, 2.05) is 0 Å². The molecule has 0 unspecified atom stereocenters. The molecule has 0 aliphatic rings. The van der Waals surface area contributed by atoms with Crippen LogP contribution in [-0.2, 0) is 23.1 Å². The first-order valence-electron chi connectivity index (χ1n) is 2.21. The predicted molar refractivity (Wildman–Crippen MR) is 44.9 cm³/mol. The number of carbonyl (C=O) groups is 2. The van der Waals surface area contributed by atoms with Gasteiger partial charge in [-0.3, -0.25) is 0 Å². The van der Waals surface area contributed by atoms with Crippen LogP contribution in [0.15, 0.2) is 25.3 Å². The Kier molecular flexibility index (Phi) is 31.9. The van der Waals surface area contributed by atoms with Crippen LogP contribution in [0.4, 0.5) is 0 Å². The molecule has 0 amide bonds. The van der Waals surface area contributed by atoms with Gasteiger partial charge in [0, 0.05) is 0 Å². The van der Waals surface area contributed by atoms with Gasteiger partial charge in [0.2, 0.25) is 0 Å². The number of carboxylic acids is 2. The van der Waals surface area contributed by atoms with Gasteiger partial charge in [-0.2, -0.15) is 0 Å². The second kappa shape index (κ2) is 16.9. The molecule has 66 valence electrons. The maximum Gasteiger partial charge on any atom is 3.00 e. The van der Waals surface area contributed by atoms with E-state index in [1.165, 1.54) is 0 Å². The molecular weight excluding hydrogens is 377 g/mol. The zero-order valence-corrected chi connectivity index (χ0v) is 10.5. The summed E-state index contributed by atoms with van der Waals surface area (Å²) in [6.45, 7) is 5.80. The molecule has 4 nitrogen and oxygen atoms in total. The fourth-order valence-electron chi connectivity index (χ4n) is 0. The topological polar surface area (TPSA) is 80.3 Å². The minimum atomic E-state index is -1.23. The zero-order valence-electron chi connectivity index (χ0n) is 6.10. The molecule has 0 heterocycles. The molecule has 0 aliphatic heterocycles. The predicted octanol–water partition coefficient (Wildman–Crippen LogP) is -2.81. The molecule has 0 fully saturated rings. The minimum Gasteiger partial charge on any atom is -0.813 e. The Morgan fingerprint density at radius 1 is 1.00 bits per heavy atom. The molecule has 0 saturated carbocycles. The summed E-state index contributed by atoms with van der Waals surface area (Å²) in [4.78, 5) is 18.3. The van der Waals surface area contributed by atoms with E-state index in [0.29, 0.717) is 0 Å². The monoisotopic (exact) mass is 384 g/mol. The van der Waals surface area contributed by atoms with Crippen LogP contribution in [0.2, 0.25) is 0 Å². The molecule has 0 aromatic heterocycles. The Morgan fingerprint density at radius 2 is 1.08 bits per heavy atom. The molecule has 0 atom stereocenters. The van der Waals surface area contributed by atoms with Gasteiger partial charge in [0.1, 0.15) is 0 Å². The largest absolute Gasteiger partial charge is 3.00 e. The Morgan fingerprint density at radius 3 is 1.08 bits per heavy atom. The molecule has 0 saturated heterocycles. The van der Waals surface area contributed by atoms with Crippen molar-refractivity contribution in [3.63, 3.8) is 0 Å². The van der Waals surface area contributed by atoms with Crippen LogP contribution in [0.5, 0.6) is 0 Å². The van der Waals surface area contributed by atoms with Crippen LogP contribution >= 0.6 is 0 Å². The van der Waals surface area contributed by atoms with Crippen molar-refractivity contribution < 1.29 is 19.8 Å². The van der Waals surface area contributed by atoms with Gasteiger partial charge in [0.25, 0.3) is 0 Å². The summed E-state index contributed by atoms with van der Waals surface area (Å²) in [5.41, 5.74) is 0. The van der Waals surface area contributed by atoms with Crippen LogP contribution in [0.25, 0.3) is 0 Å². The molecule has 0 aromatic rings. The van der Waals surface area contributed by atoms with Crippen molar-refractivity contribution in [1.29, 1.82) is 0 Å². The zero-order chi connectivity index (χ0) is 8.57. The van der Waals surface area contributed by atoms with Crippen molar-refractivity contribution in [1.82, 2.24) is 0 Å². The Labute approximate surface area is 96.5 Å². The second-order valence-electron chi connectivity index (χ2n) is 1.05. The first kappa shape index (κ1) is 22.6. The maximum absolute atomic E-state index is 9.14. The molecule has 0 rings (SSSR count). The van der Waals surface area contributed by atoms with Gasteiger partial charge >= 0.3 is 26.2 Å². The maximum atomic E-state index is 9.14. The summed E-state index contributed by atoms with van der Waals surface area (Å²) in [5.74, 6) is -2.46. The third-order valence-corrected chi connectivity index (χ3v) is 0.333. The van der Waals surface area contributed by atoms with Crippen LogP contribution < -0.4 is 10.2 Å². The fourth-order valence-corrected chi connectivity index (χ4v) is 0. The third kappa shape index (κ3) is 54.2. The van der Waals surface area contributed by atoms with Gasteiger partial charge in [0.15, 0.2) is 0 Å². The van der Waals surface area contributed by atoms with E-state index in [2.05, 4.69) is 13.2 Å². The molecule has 0 N–H and O–H groups in total. The van der Waals surface area contributed by atoms with E-state index in [4.69, 9.17) is 19.8 Å². The molecule has 6 heteroatoms. The van der Waals surface area contributed by atoms with Crippen LogP contribution in [0.1, 0.15) is 0 Å². The Bertz CT molecular complexity index is 140. The Hall–Kier alpha value is -0.347. The van der Waals surface area contributed by atoms with Crippen LogP contribution in [0.3, 0.4) is 0 Å². The van der Waals surface area contributed by atoms with Crippen molar-refractivity contribution in [2.24, 2.45) is 0 Å². The summed E-state index contributed by atoms with van der Waals surface area (Å²) >= 11 is 0.